The average Bonchev–Trinajstić information content (AvgIpc) is 2.48. The van der Waals surface area contributed by atoms with Crippen LogP contribution in [0.4, 0.5) is 0 Å². The maximum Gasteiger partial charge on any atom is 0.255 e. The number of benzene rings is 1. The molecule has 108 valence electrons. The molecule has 0 atom stereocenters. The van der Waals surface area contributed by atoms with Gasteiger partial charge in [-0.1, -0.05) is 11.6 Å². The second kappa shape index (κ2) is 6.50. The van der Waals surface area contributed by atoms with E-state index in [-0.39, 0.29) is 17.7 Å². The molecule has 0 saturated carbocycles. The largest absolute Gasteiger partial charge is 0.359 e. The predicted octanol–water partition coefficient (Wildman–Crippen LogP) is 2.23. The summed E-state index contributed by atoms with van der Waals surface area (Å²) in [5.74, 6) is -0.0514. The van der Waals surface area contributed by atoms with E-state index in [0.29, 0.717) is 41.4 Å². The van der Waals surface area contributed by atoms with Gasteiger partial charge >= 0.3 is 0 Å². The Morgan fingerprint density at radius 1 is 1.35 bits per heavy atom. The fourth-order valence-electron chi connectivity index (χ4n) is 2.40. The number of likely N-dealkylation sites (tertiary alicyclic amines) is 1. The first-order chi connectivity index (χ1) is 9.52. The van der Waals surface area contributed by atoms with Crippen LogP contribution >= 0.6 is 24.2 Å². The third kappa shape index (κ3) is 3.27. The number of nitrogens with zero attached hydrogens (tertiary/aromatic N) is 1. The van der Waals surface area contributed by atoms with Crippen LogP contribution in [-0.2, 0) is 4.79 Å². The molecule has 6 heteroatoms. The van der Waals surface area contributed by atoms with Crippen molar-refractivity contribution in [2.24, 2.45) is 5.92 Å². The van der Waals surface area contributed by atoms with Crippen molar-refractivity contribution in [2.75, 3.05) is 20.1 Å². The highest BCUT2D eigenvalue weighted by atomic mass is 35.5. The number of amides is 2. The minimum Gasteiger partial charge on any atom is -0.359 e. The van der Waals surface area contributed by atoms with E-state index in [4.69, 9.17) is 11.6 Å². The van der Waals surface area contributed by atoms with Gasteiger partial charge in [0.25, 0.3) is 5.91 Å². The van der Waals surface area contributed by atoms with Crippen molar-refractivity contribution in [3.05, 3.63) is 28.8 Å². The zero-order chi connectivity index (χ0) is 14.7. The van der Waals surface area contributed by atoms with Crippen LogP contribution in [0, 0.1) is 5.92 Å². The van der Waals surface area contributed by atoms with Gasteiger partial charge in [-0.3, -0.25) is 9.59 Å². The van der Waals surface area contributed by atoms with Gasteiger partial charge in [-0.2, -0.15) is 0 Å². The summed E-state index contributed by atoms with van der Waals surface area (Å²) >= 11 is 10.3. The Kier molecular flexibility index (Phi) is 4.94. The maximum absolute atomic E-state index is 12.4. The SMILES string of the molecule is CNC(=O)C1CCN(C(=O)c2cc(S)ccc2Cl)CC1. The van der Waals surface area contributed by atoms with E-state index >= 15 is 0 Å². The Balaban J connectivity index is 2.05. The van der Waals surface area contributed by atoms with Crippen LogP contribution in [0.3, 0.4) is 0 Å². The molecule has 2 rings (SSSR count). The number of halogens is 1. The van der Waals surface area contributed by atoms with Gasteiger partial charge < -0.3 is 10.2 Å². The van der Waals surface area contributed by atoms with Crippen LogP contribution in [-0.4, -0.2) is 36.9 Å². The smallest absolute Gasteiger partial charge is 0.255 e. The minimum absolute atomic E-state index is 0.00395. The molecular formula is C14H17ClN2O2S. The Bertz CT molecular complexity index is 528. The topological polar surface area (TPSA) is 49.4 Å². The van der Waals surface area contributed by atoms with Crippen LogP contribution < -0.4 is 5.32 Å². The number of nitrogens with one attached hydrogen (secondary N) is 1. The second-order valence-corrected chi connectivity index (χ2v) is 5.77. The summed E-state index contributed by atoms with van der Waals surface area (Å²) in [4.78, 5) is 26.4. The lowest BCUT2D eigenvalue weighted by molar-refractivity contribution is -0.125. The first kappa shape index (κ1) is 15.2. The summed E-state index contributed by atoms with van der Waals surface area (Å²) in [6, 6.07) is 5.10. The summed E-state index contributed by atoms with van der Waals surface area (Å²) in [7, 11) is 1.64. The molecule has 0 spiro atoms. The molecule has 0 radical (unpaired) electrons. The van der Waals surface area contributed by atoms with Gasteiger partial charge in [0.05, 0.1) is 10.6 Å². The molecule has 0 aromatic heterocycles. The van der Waals surface area contributed by atoms with Crippen LogP contribution in [0.5, 0.6) is 0 Å². The van der Waals surface area contributed by atoms with Crippen molar-refractivity contribution in [2.45, 2.75) is 17.7 Å². The van der Waals surface area contributed by atoms with E-state index in [0.717, 1.165) is 0 Å². The fourth-order valence-corrected chi connectivity index (χ4v) is 2.80. The molecule has 0 bridgehead atoms. The zero-order valence-corrected chi connectivity index (χ0v) is 12.9. The number of carbonyl (C=O) groups excluding carboxylic acids is 2. The Hall–Kier alpha value is -1.20. The first-order valence-corrected chi connectivity index (χ1v) is 7.35. The molecule has 2 amide bonds. The molecule has 1 aromatic rings. The molecule has 20 heavy (non-hydrogen) atoms. The summed E-state index contributed by atoms with van der Waals surface area (Å²) in [5.41, 5.74) is 0.470. The van der Waals surface area contributed by atoms with Gasteiger partial charge in [-0.05, 0) is 31.0 Å². The normalized spacial score (nSPS) is 16.1. The Morgan fingerprint density at radius 3 is 2.60 bits per heavy atom. The van der Waals surface area contributed by atoms with E-state index in [1.807, 2.05) is 0 Å². The molecule has 1 saturated heterocycles. The highest BCUT2D eigenvalue weighted by Crippen LogP contribution is 2.24. The molecule has 1 fully saturated rings. The lowest BCUT2D eigenvalue weighted by Crippen LogP contribution is -2.42. The molecule has 1 N–H and O–H groups in total. The van der Waals surface area contributed by atoms with Crippen molar-refractivity contribution in [1.29, 1.82) is 0 Å². The predicted molar refractivity (Wildman–Crippen MR) is 81.4 cm³/mol. The van der Waals surface area contributed by atoms with Crippen molar-refractivity contribution >= 4 is 36.0 Å². The molecule has 4 nitrogen and oxygen atoms in total. The van der Waals surface area contributed by atoms with Gasteiger partial charge in [0.2, 0.25) is 5.91 Å². The number of carbonyl (C=O) groups is 2. The van der Waals surface area contributed by atoms with Crippen LogP contribution in [0.2, 0.25) is 5.02 Å². The van der Waals surface area contributed by atoms with Crippen LogP contribution in [0.1, 0.15) is 23.2 Å². The maximum atomic E-state index is 12.4. The summed E-state index contributed by atoms with van der Waals surface area (Å²) in [6.45, 7) is 1.15. The monoisotopic (exact) mass is 312 g/mol. The lowest BCUT2D eigenvalue weighted by Gasteiger charge is -2.31. The third-order valence-electron chi connectivity index (χ3n) is 3.58. The molecular weight excluding hydrogens is 296 g/mol. The van der Waals surface area contributed by atoms with Crippen molar-refractivity contribution in [3.63, 3.8) is 0 Å². The minimum atomic E-state index is -0.0961. The highest BCUT2D eigenvalue weighted by Gasteiger charge is 2.28. The molecule has 0 unspecified atom stereocenters. The van der Waals surface area contributed by atoms with Gasteiger partial charge in [-0.25, -0.2) is 0 Å². The molecule has 1 aromatic carbocycles. The van der Waals surface area contributed by atoms with Gasteiger partial charge in [0.15, 0.2) is 0 Å². The van der Waals surface area contributed by atoms with E-state index in [1.165, 1.54) is 0 Å². The second-order valence-electron chi connectivity index (χ2n) is 4.84. The highest BCUT2D eigenvalue weighted by molar-refractivity contribution is 7.80. The summed E-state index contributed by atoms with van der Waals surface area (Å²) in [6.07, 6.45) is 1.37. The molecule has 1 heterocycles. The summed E-state index contributed by atoms with van der Waals surface area (Å²) in [5, 5.41) is 3.09. The fraction of sp³-hybridized carbons (Fsp3) is 0.429. The third-order valence-corrected chi connectivity index (χ3v) is 4.19. The number of thiol groups is 1. The van der Waals surface area contributed by atoms with E-state index in [2.05, 4.69) is 17.9 Å². The van der Waals surface area contributed by atoms with Gasteiger partial charge in [0, 0.05) is 31.0 Å². The lowest BCUT2D eigenvalue weighted by atomic mass is 9.95. The van der Waals surface area contributed by atoms with E-state index in [9.17, 15) is 9.59 Å². The standard InChI is InChI=1S/C14H17ClN2O2S/c1-16-13(18)9-4-6-17(7-5-9)14(19)11-8-10(20)2-3-12(11)15/h2-3,8-9,20H,4-7H2,1H3,(H,16,18). The summed E-state index contributed by atoms with van der Waals surface area (Å²) < 4.78 is 0. The molecule has 0 aliphatic carbocycles. The van der Waals surface area contributed by atoms with Crippen LogP contribution in [0.15, 0.2) is 23.1 Å². The van der Waals surface area contributed by atoms with Crippen molar-refractivity contribution in [1.82, 2.24) is 10.2 Å². The average molecular weight is 313 g/mol. The van der Waals surface area contributed by atoms with E-state index in [1.54, 1.807) is 30.1 Å². The number of rotatable bonds is 2. The number of piperidine rings is 1. The zero-order valence-electron chi connectivity index (χ0n) is 11.2. The van der Waals surface area contributed by atoms with Gasteiger partial charge in [0.1, 0.15) is 0 Å². The number of hydrogen-bond acceptors (Lipinski definition) is 3. The quantitative estimate of drug-likeness (QED) is 0.823. The van der Waals surface area contributed by atoms with Crippen LogP contribution in [0.25, 0.3) is 0 Å². The van der Waals surface area contributed by atoms with Crippen molar-refractivity contribution < 1.29 is 9.59 Å². The Morgan fingerprint density at radius 2 is 2.00 bits per heavy atom. The molecule has 1 aliphatic rings. The first-order valence-electron chi connectivity index (χ1n) is 6.52. The number of hydrogen-bond donors (Lipinski definition) is 2. The Labute approximate surface area is 128 Å². The van der Waals surface area contributed by atoms with E-state index < -0.39 is 0 Å². The van der Waals surface area contributed by atoms with Crippen molar-refractivity contribution in [3.8, 4) is 0 Å². The van der Waals surface area contributed by atoms with Gasteiger partial charge in [-0.15, -0.1) is 12.6 Å². The molecule has 1 aliphatic heterocycles.